The van der Waals surface area contributed by atoms with Crippen molar-refractivity contribution >= 4 is 11.8 Å². The van der Waals surface area contributed by atoms with E-state index < -0.39 is 0 Å². The van der Waals surface area contributed by atoms with Crippen LogP contribution in [0.15, 0.2) is 71.1 Å². The SMILES string of the molecule is CNC(=O)c1cccc(CNC(=O)c2ccc(-c3cc(-c4nnc(C)o4)ccc3C)cc2)c1. The van der Waals surface area contributed by atoms with Gasteiger partial charge in [0.05, 0.1) is 0 Å². The monoisotopic (exact) mass is 440 g/mol. The summed E-state index contributed by atoms with van der Waals surface area (Å²) in [6, 6.07) is 20.6. The van der Waals surface area contributed by atoms with Gasteiger partial charge in [0.2, 0.25) is 11.8 Å². The molecular formula is C26H24N4O3. The molecule has 0 saturated heterocycles. The van der Waals surface area contributed by atoms with E-state index in [0.29, 0.717) is 29.5 Å². The number of rotatable bonds is 6. The number of hydrogen-bond acceptors (Lipinski definition) is 5. The van der Waals surface area contributed by atoms with Crippen LogP contribution >= 0.6 is 0 Å². The number of aromatic nitrogens is 2. The van der Waals surface area contributed by atoms with Crippen molar-refractivity contribution in [3.8, 4) is 22.6 Å². The van der Waals surface area contributed by atoms with E-state index in [1.54, 1.807) is 44.3 Å². The van der Waals surface area contributed by atoms with Gasteiger partial charge in [-0.1, -0.05) is 30.3 Å². The summed E-state index contributed by atoms with van der Waals surface area (Å²) in [6.07, 6.45) is 0. The van der Waals surface area contributed by atoms with Crippen LogP contribution in [-0.2, 0) is 6.54 Å². The Labute approximate surface area is 191 Å². The summed E-state index contributed by atoms with van der Waals surface area (Å²) in [7, 11) is 1.59. The van der Waals surface area contributed by atoms with E-state index in [2.05, 4.69) is 20.8 Å². The van der Waals surface area contributed by atoms with Crippen molar-refractivity contribution in [2.24, 2.45) is 0 Å². The fourth-order valence-electron chi connectivity index (χ4n) is 3.53. The molecule has 0 fully saturated rings. The smallest absolute Gasteiger partial charge is 0.251 e. The summed E-state index contributed by atoms with van der Waals surface area (Å²) in [5, 5.41) is 13.5. The molecule has 0 radical (unpaired) electrons. The zero-order valence-corrected chi connectivity index (χ0v) is 18.7. The van der Waals surface area contributed by atoms with Crippen LogP contribution in [0.3, 0.4) is 0 Å². The molecule has 7 nitrogen and oxygen atoms in total. The van der Waals surface area contributed by atoms with Crippen LogP contribution < -0.4 is 10.6 Å². The van der Waals surface area contributed by atoms with Gasteiger partial charge in [0.25, 0.3) is 11.8 Å². The molecule has 1 aromatic heterocycles. The van der Waals surface area contributed by atoms with Crippen LogP contribution in [0.2, 0.25) is 0 Å². The Balaban J connectivity index is 1.47. The van der Waals surface area contributed by atoms with E-state index in [4.69, 9.17) is 4.42 Å². The Kier molecular flexibility index (Phi) is 6.31. The minimum absolute atomic E-state index is 0.160. The number of nitrogens with one attached hydrogen (secondary N) is 2. The van der Waals surface area contributed by atoms with Crippen molar-refractivity contribution in [1.29, 1.82) is 0 Å². The van der Waals surface area contributed by atoms with Crippen LogP contribution in [0.5, 0.6) is 0 Å². The van der Waals surface area contributed by atoms with Crippen molar-refractivity contribution in [3.63, 3.8) is 0 Å². The maximum Gasteiger partial charge on any atom is 0.251 e. The summed E-state index contributed by atoms with van der Waals surface area (Å²) in [6.45, 7) is 4.12. The lowest BCUT2D eigenvalue weighted by Crippen LogP contribution is -2.23. The molecule has 0 spiro atoms. The van der Waals surface area contributed by atoms with Crippen LogP contribution in [0, 0.1) is 13.8 Å². The number of benzene rings is 3. The third kappa shape index (κ3) is 4.98. The number of amides is 2. The lowest BCUT2D eigenvalue weighted by Gasteiger charge is -2.10. The van der Waals surface area contributed by atoms with Crippen LogP contribution in [0.25, 0.3) is 22.6 Å². The molecule has 1 heterocycles. The zero-order chi connectivity index (χ0) is 23.4. The Morgan fingerprint density at radius 3 is 2.30 bits per heavy atom. The Morgan fingerprint density at radius 2 is 1.61 bits per heavy atom. The van der Waals surface area contributed by atoms with Crippen molar-refractivity contribution in [1.82, 2.24) is 20.8 Å². The molecule has 0 unspecified atom stereocenters. The van der Waals surface area contributed by atoms with E-state index in [-0.39, 0.29) is 11.8 Å². The van der Waals surface area contributed by atoms with Crippen LogP contribution in [0.1, 0.15) is 37.7 Å². The van der Waals surface area contributed by atoms with Gasteiger partial charge >= 0.3 is 0 Å². The molecule has 33 heavy (non-hydrogen) atoms. The molecule has 2 N–H and O–H groups in total. The summed E-state index contributed by atoms with van der Waals surface area (Å²) < 4.78 is 5.54. The Hall–Kier alpha value is -4.26. The number of aryl methyl sites for hydroxylation is 2. The largest absolute Gasteiger partial charge is 0.421 e. The van der Waals surface area contributed by atoms with Crippen molar-refractivity contribution < 1.29 is 14.0 Å². The maximum atomic E-state index is 12.6. The highest BCUT2D eigenvalue weighted by atomic mass is 16.4. The fourth-order valence-corrected chi connectivity index (χ4v) is 3.53. The van der Waals surface area contributed by atoms with Gasteiger partial charge in [0.1, 0.15) is 0 Å². The summed E-state index contributed by atoms with van der Waals surface area (Å²) in [5.41, 5.74) is 5.93. The first kappa shape index (κ1) is 22.0. The normalized spacial score (nSPS) is 10.6. The van der Waals surface area contributed by atoms with Gasteiger partial charge < -0.3 is 15.1 Å². The second-order valence-corrected chi connectivity index (χ2v) is 7.70. The highest BCUT2D eigenvalue weighted by molar-refractivity contribution is 5.95. The second-order valence-electron chi connectivity index (χ2n) is 7.70. The molecule has 4 aromatic rings. The predicted molar refractivity (Wildman–Crippen MR) is 126 cm³/mol. The highest BCUT2D eigenvalue weighted by Gasteiger charge is 2.11. The van der Waals surface area contributed by atoms with Crippen molar-refractivity contribution in [2.45, 2.75) is 20.4 Å². The van der Waals surface area contributed by atoms with Gasteiger partial charge in [-0.2, -0.15) is 0 Å². The second kappa shape index (κ2) is 9.48. The lowest BCUT2D eigenvalue weighted by molar-refractivity contribution is 0.0948. The minimum Gasteiger partial charge on any atom is -0.421 e. The van der Waals surface area contributed by atoms with Crippen molar-refractivity contribution in [3.05, 3.63) is 94.9 Å². The van der Waals surface area contributed by atoms with E-state index in [9.17, 15) is 9.59 Å². The zero-order valence-electron chi connectivity index (χ0n) is 18.7. The quantitative estimate of drug-likeness (QED) is 0.466. The molecule has 7 heteroatoms. The lowest BCUT2D eigenvalue weighted by atomic mass is 9.97. The third-order valence-electron chi connectivity index (χ3n) is 5.34. The molecule has 0 aliphatic heterocycles. The van der Waals surface area contributed by atoms with E-state index in [1.807, 2.05) is 43.3 Å². The van der Waals surface area contributed by atoms with Gasteiger partial charge in [-0.25, -0.2) is 0 Å². The predicted octanol–water partition coefficient (Wildman–Crippen LogP) is 4.31. The molecule has 0 aliphatic carbocycles. The van der Waals surface area contributed by atoms with Crippen LogP contribution in [0.4, 0.5) is 0 Å². The average Bonchev–Trinajstić information content (AvgIpc) is 3.29. The van der Waals surface area contributed by atoms with Gasteiger partial charge in [0, 0.05) is 37.2 Å². The Morgan fingerprint density at radius 1 is 0.848 bits per heavy atom. The minimum atomic E-state index is -0.182. The summed E-state index contributed by atoms with van der Waals surface area (Å²) in [5.74, 6) is 0.652. The van der Waals surface area contributed by atoms with E-state index in [0.717, 1.165) is 27.8 Å². The molecule has 3 aromatic carbocycles. The van der Waals surface area contributed by atoms with Crippen molar-refractivity contribution in [2.75, 3.05) is 7.05 Å². The van der Waals surface area contributed by atoms with Gasteiger partial charge in [-0.3, -0.25) is 9.59 Å². The molecule has 0 atom stereocenters. The van der Waals surface area contributed by atoms with Gasteiger partial charge in [-0.05, 0) is 65.6 Å². The van der Waals surface area contributed by atoms with Crippen LogP contribution in [-0.4, -0.2) is 29.1 Å². The highest BCUT2D eigenvalue weighted by Crippen LogP contribution is 2.29. The molecule has 0 bridgehead atoms. The van der Waals surface area contributed by atoms with Gasteiger partial charge in [0.15, 0.2) is 0 Å². The summed E-state index contributed by atoms with van der Waals surface area (Å²) >= 11 is 0. The first-order valence-corrected chi connectivity index (χ1v) is 10.6. The number of nitrogens with zero attached hydrogens (tertiary/aromatic N) is 2. The standard InChI is InChI=1S/C26H24N4O3/c1-16-7-8-22(26-30-29-17(2)33-26)14-23(16)19-9-11-20(12-10-19)25(32)28-15-18-5-4-6-21(13-18)24(31)27-3/h4-14H,15H2,1-3H3,(H,27,31)(H,28,32). The van der Waals surface area contributed by atoms with Gasteiger partial charge in [-0.15, -0.1) is 10.2 Å². The number of carbonyl (C=O) groups excluding carboxylic acids is 2. The topological polar surface area (TPSA) is 97.1 Å². The summed E-state index contributed by atoms with van der Waals surface area (Å²) in [4.78, 5) is 24.4. The molecule has 166 valence electrons. The molecule has 0 aliphatic rings. The molecule has 4 rings (SSSR count). The third-order valence-corrected chi connectivity index (χ3v) is 5.34. The first-order chi connectivity index (χ1) is 15.9. The fraction of sp³-hybridized carbons (Fsp3) is 0.154. The molecular weight excluding hydrogens is 416 g/mol. The number of carbonyl (C=O) groups is 2. The molecule has 2 amide bonds. The first-order valence-electron chi connectivity index (χ1n) is 10.6. The van der Waals surface area contributed by atoms with E-state index >= 15 is 0 Å². The Bertz CT molecular complexity index is 1310. The van der Waals surface area contributed by atoms with E-state index in [1.165, 1.54) is 0 Å². The molecule has 0 saturated carbocycles. The number of hydrogen-bond donors (Lipinski definition) is 2. The average molecular weight is 441 g/mol. The maximum absolute atomic E-state index is 12.6.